The molecule has 0 saturated heterocycles. The van der Waals surface area contributed by atoms with E-state index in [1.165, 1.54) is 0 Å². The Hall–Kier alpha value is -1.55. The zero-order valence-electron chi connectivity index (χ0n) is 7.64. The van der Waals surface area contributed by atoms with Crippen LogP contribution in [0.15, 0.2) is 24.5 Å². The molecule has 1 saturated carbocycles. The summed E-state index contributed by atoms with van der Waals surface area (Å²) in [6.45, 7) is 0. The fourth-order valence-corrected chi connectivity index (χ4v) is 1.52. The topological polar surface area (TPSA) is 64.7 Å². The third-order valence-corrected chi connectivity index (χ3v) is 2.63. The number of nitrogens with zero attached hydrogens (tertiary/aromatic N) is 3. The van der Waals surface area contributed by atoms with Crippen LogP contribution in [0.5, 0.6) is 0 Å². The molecule has 0 radical (unpaired) electrons. The maximum Gasteiger partial charge on any atom is 0.178 e. The predicted molar refractivity (Wildman–Crippen MR) is 52.4 cm³/mol. The Labute approximate surface area is 81.2 Å². The molecule has 0 aliphatic heterocycles. The van der Waals surface area contributed by atoms with Gasteiger partial charge in [-0.1, -0.05) is 0 Å². The molecule has 14 heavy (non-hydrogen) atoms. The Morgan fingerprint density at radius 2 is 1.93 bits per heavy atom. The zero-order valence-corrected chi connectivity index (χ0v) is 7.64. The van der Waals surface area contributed by atoms with Gasteiger partial charge >= 0.3 is 0 Å². The average Bonchev–Trinajstić information content (AvgIpc) is 2.97. The van der Waals surface area contributed by atoms with Crippen LogP contribution in [0.25, 0.3) is 11.2 Å². The maximum absolute atomic E-state index is 6.05. The molecule has 0 atom stereocenters. The van der Waals surface area contributed by atoms with Gasteiger partial charge in [-0.05, 0) is 25.0 Å². The summed E-state index contributed by atoms with van der Waals surface area (Å²) in [5.74, 6) is 0. The highest BCUT2D eigenvalue weighted by Crippen LogP contribution is 2.41. The molecule has 1 aliphatic rings. The van der Waals surface area contributed by atoms with Crippen molar-refractivity contribution in [1.82, 2.24) is 15.0 Å². The molecule has 4 nitrogen and oxygen atoms in total. The highest BCUT2D eigenvalue weighted by molar-refractivity contribution is 5.69. The molecule has 2 N–H and O–H groups in total. The van der Waals surface area contributed by atoms with Crippen LogP contribution in [-0.4, -0.2) is 15.0 Å². The monoisotopic (exact) mass is 186 g/mol. The number of hydrogen-bond donors (Lipinski definition) is 1. The third-order valence-electron chi connectivity index (χ3n) is 2.63. The van der Waals surface area contributed by atoms with Crippen LogP contribution < -0.4 is 5.73 Å². The van der Waals surface area contributed by atoms with E-state index in [0.717, 1.165) is 24.1 Å². The molecule has 2 aromatic heterocycles. The normalized spacial score (nSPS) is 18.4. The van der Waals surface area contributed by atoms with Crippen molar-refractivity contribution in [3.8, 4) is 0 Å². The Morgan fingerprint density at radius 1 is 1.14 bits per heavy atom. The second-order valence-corrected chi connectivity index (χ2v) is 3.75. The van der Waals surface area contributed by atoms with Gasteiger partial charge < -0.3 is 5.73 Å². The van der Waals surface area contributed by atoms with E-state index in [0.29, 0.717) is 5.65 Å². The number of nitrogens with two attached hydrogens (primary N) is 1. The molecule has 0 spiro atoms. The molecular weight excluding hydrogens is 176 g/mol. The first-order valence-electron chi connectivity index (χ1n) is 4.65. The first-order valence-corrected chi connectivity index (χ1v) is 4.65. The van der Waals surface area contributed by atoms with Gasteiger partial charge in [0.05, 0.1) is 11.2 Å². The molecule has 1 fully saturated rings. The van der Waals surface area contributed by atoms with E-state index in [9.17, 15) is 0 Å². The van der Waals surface area contributed by atoms with Crippen LogP contribution in [0, 0.1) is 0 Å². The second-order valence-electron chi connectivity index (χ2n) is 3.75. The number of hydrogen-bond acceptors (Lipinski definition) is 4. The summed E-state index contributed by atoms with van der Waals surface area (Å²) in [5, 5.41) is 0. The SMILES string of the molecule is NC1(c2ccc3nccnc3n2)CC1. The van der Waals surface area contributed by atoms with Gasteiger partial charge in [-0.3, -0.25) is 4.98 Å². The van der Waals surface area contributed by atoms with Crippen LogP contribution in [0.2, 0.25) is 0 Å². The zero-order chi connectivity index (χ0) is 9.60. The van der Waals surface area contributed by atoms with Gasteiger partial charge in [-0.15, -0.1) is 0 Å². The second kappa shape index (κ2) is 2.48. The minimum absolute atomic E-state index is 0.189. The first-order chi connectivity index (χ1) is 6.78. The van der Waals surface area contributed by atoms with Crippen molar-refractivity contribution in [2.75, 3.05) is 0 Å². The van der Waals surface area contributed by atoms with E-state index >= 15 is 0 Å². The van der Waals surface area contributed by atoms with E-state index in [1.807, 2.05) is 12.1 Å². The number of pyridine rings is 1. The summed E-state index contributed by atoms with van der Waals surface area (Å²) in [6, 6.07) is 3.88. The van der Waals surface area contributed by atoms with Gasteiger partial charge in [0.15, 0.2) is 5.65 Å². The molecule has 0 bridgehead atoms. The van der Waals surface area contributed by atoms with Crippen LogP contribution in [0.4, 0.5) is 0 Å². The van der Waals surface area contributed by atoms with Crippen molar-refractivity contribution in [3.63, 3.8) is 0 Å². The molecule has 1 aliphatic carbocycles. The summed E-state index contributed by atoms with van der Waals surface area (Å²) in [6.07, 6.45) is 5.35. The smallest absolute Gasteiger partial charge is 0.178 e. The maximum atomic E-state index is 6.05. The molecule has 2 aromatic rings. The summed E-state index contributed by atoms with van der Waals surface area (Å²) < 4.78 is 0. The average molecular weight is 186 g/mol. The fraction of sp³-hybridized carbons (Fsp3) is 0.300. The van der Waals surface area contributed by atoms with Crippen LogP contribution >= 0.6 is 0 Å². The number of rotatable bonds is 1. The molecule has 3 rings (SSSR count). The lowest BCUT2D eigenvalue weighted by Gasteiger charge is -2.07. The van der Waals surface area contributed by atoms with Crippen molar-refractivity contribution >= 4 is 11.2 Å². The molecule has 0 aromatic carbocycles. The summed E-state index contributed by atoms with van der Waals surface area (Å²) in [5.41, 5.74) is 8.30. The van der Waals surface area contributed by atoms with Crippen molar-refractivity contribution in [3.05, 3.63) is 30.2 Å². The first kappa shape index (κ1) is 7.82. The third kappa shape index (κ3) is 1.08. The molecule has 0 amide bonds. The van der Waals surface area contributed by atoms with Crippen molar-refractivity contribution < 1.29 is 0 Å². The fourth-order valence-electron chi connectivity index (χ4n) is 1.52. The van der Waals surface area contributed by atoms with Crippen LogP contribution in [-0.2, 0) is 5.54 Å². The van der Waals surface area contributed by atoms with Crippen LogP contribution in [0.3, 0.4) is 0 Å². The van der Waals surface area contributed by atoms with E-state index < -0.39 is 0 Å². The minimum Gasteiger partial charge on any atom is -0.320 e. The molecule has 70 valence electrons. The lowest BCUT2D eigenvalue weighted by atomic mass is 10.2. The molecule has 4 heteroatoms. The van der Waals surface area contributed by atoms with Gasteiger partial charge in [-0.25, -0.2) is 9.97 Å². The van der Waals surface area contributed by atoms with Gasteiger partial charge in [0.2, 0.25) is 0 Å². The lowest BCUT2D eigenvalue weighted by molar-refractivity contribution is 0.711. The summed E-state index contributed by atoms with van der Waals surface area (Å²) in [7, 11) is 0. The van der Waals surface area contributed by atoms with Crippen molar-refractivity contribution in [2.24, 2.45) is 5.73 Å². The van der Waals surface area contributed by atoms with E-state index in [-0.39, 0.29) is 5.54 Å². The quantitative estimate of drug-likeness (QED) is 0.720. The van der Waals surface area contributed by atoms with E-state index in [1.54, 1.807) is 12.4 Å². The van der Waals surface area contributed by atoms with Gasteiger partial charge in [-0.2, -0.15) is 0 Å². The standard InChI is InChI=1S/C10H10N4/c11-10(3-4-10)8-2-1-7-9(14-8)13-6-5-12-7/h1-2,5-6H,3-4,11H2. The largest absolute Gasteiger partial charge is 0.320 e. The van der Waals surface area contributed by atoms with Gasteiger partial charge in [0.1, 0.15) is 5.52 Å². The van der Waals surface area contributed by atoms with Crippen LogP contribution in [0.1, 0.15) is 18.5 Å². The van der Waals surface area contributed by atoms with Crippen molar-refractivity contribution in [2.45, 2.75) is 18.4 Å². The predicted octanol–water partition coefficient (Wildman–Crippen LogP) is 0.973. The highest BCUT2D eigenvalue weighted by Gasteiger charge is 2.41. The molecular formula is C10H10N4. The van der Waals surface area contributed by atoms with E-state index in [4.69, 9.17) is 5.73 Å². The Bertz CT molecular complexity index is 490. The summed E-state index contributed by atoms with van der Waals surface area (Å²) >= 11 is 0. The minimum atomic E-state index is -0.189. The Kier molecular flexibility index (Phi) is 1.39. The van der Waals surface area contributed by atoms with Gasteiger partial charge in [0, 0.05) is 12.4 Å². The number of aromatic nitrogens is 3. The van der Waals surface area contributed by atoms with Gasteiger partial charge in [0.25, 0.3) is 0 Å². The molecule has 0 unspecified atom stereocenters. The van der Waals surface area contributed by atoms with E-state index in [2.05, 4.69) is 15.0 Å². The number of fused-ring (bicyclic) bond motifs is 1. The van der Waals surface area contributed by atoms with Crippen molar-refractivity contribution in [1.29, 1.82) is 0 Å². The molecule has 2 heterocycles. The lowest BCUT2D eigenvalue weighted by Crippen LogP contribution is -2.20. The Balaban J connectivity index is 2.20. The summed E-state index contributed by atoms with van der Waals surface area (Å²) in [4.78, 5) is 12.7. The highest BCUT2D eigenvalue weighted by atomic mass is 14.9. The Morgan fingerprint density at radius 3 is 2.71 bits per heavy atom.